The van der Waals surface area contributed by atoms with Gasteiger partial charge >= 0.3 is 0 Å². The highest BCUT2D eigenvalue weighted by Gasteiger charge is 2.21. The molecule has 0 radical (unpaired) electrons. The maximum Gasteiger partial charge on any atom is 0.259 e. The fourth-order valence-corrected chi connectivity index (χ4v) is 5.40. The molecule has 0 atom stereocenters. The van der Waals surface area contributed by atoms with Crippen LogP contribution in [-0.4, -0.2) is 52.3 Å². The van der Waals surface area contributed by atoms with E-state index in [0.717, 1.165) is 42.1 Å². The fraction of sp³-hybridized carbons (Fsp3) is 0.241. The molecule has 1 saturated heterocycles. The molecule has 1 N–H and O–H groups in total. The van der Waals surface area contributed by atoms with Crippen LogP contribution in [0, 0.1) is 6.92 Å². The predicted molar refractivity (Wildman–Crippen MR) is 147 cm³/mol. The van der Waals surface area contributed by atoms with Crippen LogP contribution in [0.25, 0.3) is 16.9 Å². The molecule has 36 heavy (non-hydrogen) atoms. The molecule has 0 spiro atoms. The van der Waals surface area contributed by atoms with Crippen LogP contribution >= 0.6 is 11.8 Å². The third-order valence-electron chi connectivity index (χ3n) is 6.51. The number of carbonyl (C=O) groups excluding carboxylic acids is 1. The molecule has 2 heterocycles. The molecule has 3 aromatic carbocycles. The van der Waals surface area contributed by atoms with E-state index in [1.54, 1.807) is 18.0 Å². The molecule has 1 amide bonds. The average molecular weight is 499 g/mol. The van der Waals surface area contributed by atoms with Gasteiger partial charge < -0.3 is 10.1 Å². The normalized spacial score (nSPS) is 13.9. The third-order valence-corrected chi connectivity index (χ3v) is 7.46. The summed E-state index contributed by atoms with van der Waals surface area (Å²) >= 11 is 2.01. The van der Waals surface area contributed by atoms with Gasteiger partial charge in [0.2, 0.25) is 0 Å². The summed E-state index contributed by atoms with van der Waals surface area (Å²) in [6, 6.07) is 23.6. The van der Waals surface area contributed by atoms with Crippen molar-refractivity contribution in [1.82, 2.24) is 14.7 Å². The number of methoxy groups -OCH3 is 1. The summed E-state index contributed by atoms with van der Waals surface area (Å²) in [5, 5.41) is 7.96. The van der Waals surface area contributed by atoms with Crippen LogP contribution in [0.2, 0.25) is 0 Å². The van der Waals surface area contributed by atoms with Gasteiger partial charge in [0.1, 0.15) is 11.4 Å². The zero-order valence-electron chi connectivity index (χ0n) is 20.6. The number of hydrogen-bond acceptors (Lipinski definition) is 5. The summed E-state index contributed by atoms with van der Waals surface area (Å²) in [5.74, 6) is 2.87. The van der Waals surface area contributed by atoms with Gasteiger partial charge in [-0.1, -0.05) is 42.5 Å². The lowest BCUT2D eigenvalue weighted by atomic mass is 10.0. The van der Waals surface area contributed by atoms with Gasteiger partial charge in [-0.25, -0.2) is 4.68 Å². The number of benzene rings is 3. The number of para-hydroxylation sites is 1. The number of amides is 1. The highest BCUT2D eigenvalue weighted by molar-refractivity contribution is 7.99. The van der Waals surface area contributed by atoms with E-state index in [9.17, 15) is 4.79 Å². The number of aromatic nitrogens is 2. The van der Waals surface area contributed by atoms with Crippen LogP contribution in [-0.2, 0) is 6.54 Å². The maximum absolute atomic E-state index is 13.7. The Bertz CT molecular complexity index is 1350. The summed E-state index contributed by atoms with van der Waals surface area (Å²) in [4.78, 5) is 16.1. The first-order valence-electron chi connectivity index (χ1n) is 12.1. The first-order valence-corrected chi connectivity index (χ1v) is 13.3. The Hall–Kier alpha value is -3.55. The molecule has 7 heteroatoms. The first kappa shape index (κ1) is 24.2. The van der Waals surface area contributed by atoms with Crippen molar-refractivity contribution in [3.05, 3.63) is 95.7 Å². The van der Waals surface area contributed by atoms with Crippen LogP contribution in [0.3, 0.4) is 0 Å². The van der Waals surface area contributed by atoms with E-state index in [1.807, 2.05) is 78.5 Å². The Balaban J connectivity index is 1.47. The molecule has 4 aromatic rings. The van der Waals surface area contributed by atoms with Gasteiger partial charge in [-0.2, -0.15) is 16.9 Å². The molecule has 1 aromatic heterocycles. The second-order valence-corrected chi connectivity index (χ2v) is 10.1. The highest BCUT2D eigenvalue weighted by Crippen LogP contribution is 2.29. The Morgan fingerprint density at radius 3 is 2.58 bits per heavy atom. The Labute approximate surface area is 216 Å². The van der Waals surface area contributed by atoms with Crippen LogP contribution < -0.4 is 10.1 Å². The number of carbonyl (C=O) groups is 1. The summed E-state index contributed by atoms with van der Waals surface area (Å²) in [6.45, 7) is 5.18. The van der Waals surface area contributed by atoms with Crippen molar-refractivity contribution in [2.75, 3.05) is 37.0 Å². The molecule has 1 aliphatic heterocycles. The van der Waals surface area contributed by atoms with E-state index in [-0.39, 0.29) is 5.91 Å². The third kappa shape index (κ3) is 5.32. The molecule has 1 fully saturated rings. The van der Waals surface area contributed by atoms with Crippen LogP contribution in [0.4, 0.5) is 5.69 Å². The lowest BCUT2D eigenvalue weighted by Crippen LogP contribution is -2.32. The van der Waals surface area contributed by atoms with Gasteiger partial charge in [0.15, 0.2) is 0 Å². The second-order valence-electron chi connectivity index (χ2n) is 8.84. The summed E-state index contributed by atoms with van der Waals surface area (Å²) in [7, 11) is 1.63. The van der Waals surface area contributed by atoms with Crippen LogP contribution in [0.1, 0.15) is 21.5 Å². The van der Waals surface area contributed by atoms with Crippen molar-refractivity contribution in [3.8, 4) is 22.7 Å². The minimum Gasteiger partial charge on any atom is -0.497 e. The van der Waals surface area contributed by atoms with E-state index in [2.05, 4.69) is 23.2 Å². The van der Waals surface area contributed by atoms with Crippen molar-refractivity contribution < 1.29 is 9.53 Å². The quantitative estimate of drug-likeness (QED) is 0.356. The largest absolute Gasteiger partial charge is 0.497 e. The SMILES string of the molecule is COc1cccc(-c2nn(-c3ccccc3)cc2C(=O)Nc2cccc(CN3CCSCC3)c2C)c1. The predicted octanol–water partition coefficient (Wildman–Crippen LogP) is 5.66. The highest BCUT2D eigenvalue weighted by atomic mass is 32.2. The number of hydrogen-bond donors (Lipinski definition) is 1. The molecule has 6 nitrogen and oxygen atoms in total. The van der Waals surface area contributed by atoms with Crippen molar-refractivity contribution in [2.45, 2.75) is 13.5 Å². The van der Waals surface area contributed by atoms with E-state index >= 15 is 0 Å². The first-order chi connectivity index (χ1) is 17.6. The Morgan fingerprint density at radius 2 is 1.81 bits per heavy atom. The van der Waals surface area contributed by atoms with Crippen molar-refractivity contribution >= 4 is 23.4 Å². The standard InChI is InChI=1S/C29H30N4O2S/c1-21-23(19-32-14-16-36-17-15-32)9-7-13-27(21)30-29(34)26-20-33(24-10-4-3-5-11-24)31-28(26)22-8-6-12-25(18-22)35-2/h3-13,18,20H,14-17,19H2,1-2H3,(H,30,34). The number of nitrogens with zero attached hydrogens (tertiary/aromatic N) is 3. The molecule has 0 saturated carbocycles. The van der Waals surface area contributed by atoms with Crippen molar-refractivity contribution in [2.24, 2.45) is 0 Å². The number of rotatable bonds is 7. The van der Waals surface area contributed by atoms with Crippen LogP contribution in [0.5, 0.6) is 5.75 Å². The smallest absolute Gasteiger partial charge is 0.259 e. The summed E-state index contributed by atoms with van der Waals surface area (Å²) in [5.41, 5.74) is 5.99. The molecule has 184 valence electrons. The maximum atomic E-state index is 13.7. The van der Waals surface area contributed by atoms with E-state index in [1.165, 1.54) is 17.1 Å². The minimum absolute atomic E-state index is 0.190. The van der Waals surface area contributed by atoms with Gasteiger partial charge in [0.05, 0.1) is 18.4 Å². The van der Waals surface area contributed by atoms with Gasteiger partial charge in [-0.3, -0.25) is 9.69 Å². The van der Waals surface area contributed by atoms with Crippen LogP contribution in [0.15, 0.2) is 79.0 Å². The fourth-order valence-electron chi connectivity index (χ4n) is 4.42. The molecule has 0 bridgehead atoms. The monoisotopic (exact) mass is 498 g/mol. The van der Waals surface area contributed by atoms with Gasteiger partial charge in [-0.15, -0.1) is 0 Å². The molecule has 5 rings (SSSR count). The Kier molecular flexibility index (Phi) is 7.39. The lowest BCUT2D eigenvalue weighted by Gasteiger charge is -2.27. The van der Waals surface area contributed by atoms with Gasteiger partial charge in [0, 0.05) is 48.6 Å². The molecular weight excluding hydrogens is 468 g/mol. The molecule has 0 unspecified atom stereocenters. The molecular formula is C29H30N4O2S. The van der Waals surface area contributed by atoms with Gasteiger partial charge in [-0.05, 0) is 48.4 Å². The van der Waals surface area contributed by atoms with Crippen molar-refractivity contribution in [1.29, 1.82) is 0 Å². The van der Waals surface area contributed by atoms with Gasteiger partial charge in [0.25, 0.3) is 5.91 Å². The average Bonchev–Trinajstić information content (AvgIpc) is 3.38. The number of nitrogens with one attached hydrogen (secondary N) is 1. The number of anilines is 1. The number of ether oxygens (including phenoxy) is 1. The molecule has 1 aliphatic rings. The summed E-state index contributed by atoms with van der Waals surface area (Å²) in [6.07, 6.45) is 1.80. The number of thioether (sulfide) groups is 1. The van der Waals surface area contributed by atoms with E-state index in [0.29, 0.717) is 17.0 Å². The zero-order chi connectivity index (χ0) is 24.9. The zero-order valence-corrected chi connectivity index (χ0v) is 21.4. The molecule has 0 aliphatic carbocycles. The topological polar surface area (TPSA) is 59.4 Å². The van der Waals surface area contributed by atoms with E-state index < -0.39 is 0 Å². The minimum atomic E-state index is -0.190. The lowest BCUT2D eigenvalue weighted by molar-refractivity contribution is 0.102. The van der Waals surface area contributed by atoms with Crippen molar-refractivity contribution in [3.63, 3.8) is 0 Å². The summed E-state index contributed by atoms with van der Waals surface area (Å²) < 4.78 is 7.17. The van der Waals surface area contributed by atoms with E-state index in [4.69, 9.17) is 9.84 Å². The Morgan fingerprint density at radius 1 is 1.03 bits per heavy atom. The second kappa shape index (κ2) is 11.0.